The molecule has 2 aliphatic rings. The van der Waals surface area contributed by atoms with Crippen LogP contribution in [0.2, 0.25) is 0 Å². The van der Waals surface area contributed by atoms with Crippen molar-refractivity contribution in [3.63, 3.8) is 0 Å². The van der Waals surface area contributed by atoms with Gasteiger partial charge < -0.3 is 5.32 Å². The highest BCUT2D eigenvalue weighted by molar-refractivity contribution is 5.94. The second kappa shape index (κ2) is 4.65. The summed E-state index contributed by atoms with van der Waals surface area (Å²) in [6.45, 7) is 0. The first-order valence-electron chi connectivity index (χ1n) is 6.68. The second-order valence-corrected chi connectivity index (χ2v) is 5.57. The van der Waals surface area contributed by atoms with Crippen molar-refractivity contribution in [1.82, 2.24) is 0 Å². The van der Waals surface area contributed by atoms with Crippen molar-refractivity contribution in [3.8, 4) is 6.07 Å². The van der Waals surface area contributed by atoms with E-state index in [1.807, 2.05) is 6.07 Å². The molecular formula is C15H15FN2O. The summed E-state index contributed by atoms with van der Waals surface area (Å²) < 4.78 is 13.0. The number of nitriles is 1. The van der Waals surface area contributed by atoms with Gasteiger partial charge >= 0.3 is 0 Å². The molecular weight excluding hydrogens is 243 g/mol. The summed E-state index contributed by atoms with van der Waals surface area (Å²) in [5.74, 6) is 0.778. The molecule has 1 N–H and O–H groups in total. The molecule has 3 atom stereocenters. The van der Waals surface area contributed by atoms with Gasteiger partial charge in [0.25, 0.3) is 0 Å². The fourth-order valence-electron chi connectivity index (χ4n) is 3.51. The highest BCUT2D eigenvalue weighted by Crippen LogP contribution is 2.48. The number of halogens is 1. The molecule has 3 nitrogen and oxygen atoms in total. The molecule has 2 aliphatic carbocycles. The third kappa shape index (κ3) is 2.21. The SMILES string of the molecule is N#Cc1cc(F)ccc1NC(=O)C1CC2CCC1C2. The van der Waals surface area contributed by atoms with Gasteiger partial charge in [-0.15, -0.1) is 0 Å². The summed E-state index contributed by atoms with van der Waals surface area (Å²) in [6.07, 6.45) is 4.50. The zero-order valence-corrected chi connectivity index (χ0v) is 10.5. The number of nitrogens with zero attached hydrogens (tertiary/aromatic N) is 1. The van der Waals surface area contributed by atoms with Gasteiger partial charge in [-0.05, 0) is 49.3 Å². The number of hydrogen-bond acceptors (Lipinski definition) is 2. The van der Waals surface area contributed by atoms with Gasteiger partial charge in [0.2, 0.25) is 5.91 Å². The lowest BCUT2D eigenvalue weighted by atomic mass is 9.88. The summed E-state index contributed by atoms with van der Waals surface area (Å²) >= 11 is 0. The summed E-state index contributed by atoms with van der Waals surface area (Å²) in [4.78, 5) is 12.2. The van der Waals surface area contributed by atoms with Gasteiger partial charge in [0, 0.05) is 5.92 Å². The highest BCUT2D eigenvalue weighted by Gasteiger charge is 2.43. The van der Waals surface area contributed by atoms with E-state index in [4.69, 9.17) is 5.26 Å². The van der Waals surface area contributed by atoms with Crippen LogP contribution in [0.4, 0.5) is 10.1 Å². The molecule has 2 bridgehead atoms. The fraction of sp³-hybridized carbons (Fsp3) is 0.467. The van der Waals surface area contributed by atoms with Crippen molar-refractivity contribution in [2.45, 2.75) is 25.7 Å². The molecule has 3 rings (SSSR count). The Hall–Kier alpha value is -1.89. The highest BCUT2D eigenvalue weighted by atomic mass is 19.1. The van der Waals surface area contributed by atoms with E-state index >= 15 is 0 Å². The third-order valence-electron chi connectivity index (χ3n) is 4.43. The summed E-state index contributed by atoms with van der Waals surface area (Å²) in [5.41, 5.74) is 0.591. The standard InChI is InChI=1S/C15H15FN2O/c16-12-3-4-14(11(7-12)8-17)18-15(19)13-6-9-1-2-10(13)5-9/h3-4,7,9-10,13H,1-2,5-6H2,(H,18,19). The van der Waals surface area contributed by atoms with Crippen LogP contribution in [0.25, 0.3) is 0 Å². The molecule has 1 aromatic rings. The second-order valence-electron chi connectivity index (χ2n) is 5.57. The molecule has 98 valence electrons. The first kappa shape index (κ1) is 12.2. The van der Waals surface area contributed by atoms with Gasteiger partial charge in [0.05, 0.1) is 11.3 Å². The summed E-state index contributed by atoms with van der Waals surface area (Å²) in [5, 5.41) is 11.7. The van der Waals surface area contributed by atoms with Gasteiger partial charge in [-0.1, -0.05) is 6.42 Å². The molecule has 1 amide bonds. The van der Waals surface area contributed by atoms with E-state index in [2.05, 4.69) is 5.32 Å². The Bertz CT molecular complexity index is 564. The van der Waals surface area contributed by atoms with Crippen LogP contribution < -0.4 is 5.32 Å². The minimum atomic E-state index is -0.463. The van der Waals surface area contributed by atoms with E-state index in [0.717, 1.165) is 25.3 Å². The van der Waals surface area contributed by atoms with Crippen LogP contribution in [-0.2, 0) is 4.79 Å². The Morgan fingerprint density at radius 2 is 2.21 bits per heavy atom. The minimum absolute atomic E-state index is 0.0182. The van der Waals surface area contributed by atoms with E-state index in [0.29, 0.717) is 17.5 Å². The van der Waals surface area contributed by atoms with Gasteiger partial charge in [0.15, 0.2) is 0 Å². The van der Waals surface area contributed by atoms with Gasteiger partial charge in [0.1, 0.15) is 11.9 Å². The number of fused-ring (bicyclic) bond motifs is 2. The maximum absolute atomic E-state index is 13.0. The molecule has 0 spiro atoms. The molecule has 1 aromatic carbocycles. The van der Waals surface area contributed by atoms with Crippen molar-refractivity contribution < 1.29 is 9.18 Å². The smallest absolute Gasteiger partial charge is 0.227 e. The number of carbonyl (C=O) groups is 1. The number of nitrogens with one attached hydrogen (secondary N) is 1. The molecule has 0 radical (unpaired) electrons. The first-order chi connectivity index (χ1) is 9.17. The summed E-state index contributed by atoms with van der Waals surface area (Å²) in [7, 11) is 0. The van der Waals surface area contributed by atoms with Crippen molar-refractivity contribution in [1.29, 1.82) is 5.26 Å². The Labute approximate surface area is 111 Å². The van der Waals surface area contributed by atoms with Crippen LogP contribution in [0.3, 0.4) is 0 Å². The molecule has 2 saturated carbocycles. The predicted octanol–water partition coefficient (Wildman–Crippen LogP) is 3.07. The zero-order valence-electron chi connectivity index (χ0n) is 10.5. The molecule has 0 aliphatic heterocycles. The fourth-order valence-corrected chi connectivity index (χ4v) is 3.51. The average Bonchev–Trinajstić information content (AvgIpc) is 3.03. The molecule has 0 saturated heterocycles. The first-order valence-corrected chi connectivity index (χ1v) is 6.68. The Balaban J connectivity index is 1.75. The lowest BCUT2D eigenvalue weighted by Crippen LogP contribution is -2.27. The normalized spacial score (nSPS) is 28.1. The van der Waals surface area contributed by atoms with E-state index < -0.39 is 5.82 Å². The molecule has 19 heavy (non-hydrogen) atoms. The maximum atomic E-state index is 13.0. The van der Waals surface area contributed by atoms with Crippen LogP contribution in [0, 0.1) is 34.9 Å². The average molecular weight is 258 g/mol. The third-order valence-corrected chi connectivity index (χ3v) is 4.43. The molecule has 0 aromatic heterocycles. The van der Waals surface area contributed by atoms with Crippen molar-refractivity contribution in [3.05, 3.63) is 29.6 Å². The van der Waals surface area contributed by atoms with Gasteiger partial charge in [-0.25, -0.2) is 4.39 Å². The van der Waals surface area contributed by atoms with Crippen molar-refractivity contribution in [2.75, 3.05) is 5.32 Å². The number of rotatable bonds is 2. The monoisotopic (exact) mass is 258 g/mol. The Morgan fingerprint density at radius 1 is 1.37 bits per heavy atom. The number of benzene rings is 1. The molecule has 2 fully saturated rings. The number of hydrogen-bond donors (Lipinski definition) is 1. The van der Waals surface area contributed by atoms with Gasteiger partial charge in [-0.2, -0.15) is 5.26 Å². The molecule has 3 unspecified atom stereocenters. The van der Waals surface area contributed by atoms with Crippen LogP contribution in [0.5, 0.6) is 0 Å². The number of amides is 1. The number of carbonyl (C=O) groups excluding carboxylic acids is 1. The van der Waals surface area contributed by atoms with Crippen molar-refractivity contribution in [2.24, 2.45) is 17.8 Å². The maximum Gasteiger partial charge on any atom is 0.227 e. The lowest BCUT2D eigenvalue weighted by molar-refractivity contribution is -0.121. The Morgan fingerprint density at radius 3 is 2.84 bits per heavy atom. The predicted molar refractivity (Wildman–Crippen MR) is 68.7 cm³/mol. The number of anilines is 1. The quantitative estimate of drug-likeness (QED) is 0.886. The lowest BCUT2D eigenvalue weighted by Gasteiger charge is -2.21. The van der Waals surface area contributed by atoms with E-state index in [1.165, 1.54) is 18.6 Å². The van der Waals surface area contributed by atoms with Crippen molar-refractivity contribution >= 4 is 11.6 Å². The topological polar surface area (TPSA) is 52.9 Å². The largest absolute Gasteiger partial charge is 0.325 e. The van der Waals surface area contributed by atoms with Crippen LogP contribution in [-0.4, -0.2) is 5.91 Å². The molecule has 4 heteroatoms. The van der Waals surface area contributed by atoms with Crippen LogP contribution in [0.1, 0.15) is 31.2 Å². The van der Waals surface area contributed by atoms with Crippen LogP contribution >= 0.6 is 0 Å². The van der Waals surface area contributed by atoms with Gasteiger partial charge in [-0.3, -0.25) is 4.79 Å². The Kier molecular flexibility index (Phi) is 2.98. The minimum Gasteiger partial charge on any atom is -0.325 e. The molecule has 0 heterocycles. The van der Waals surface area contributed by atoms with Crippen LogP contribution in [0.15, 0.2) is 18.2 Å². The zero-order chi connectivity index (χ0) is 13.4. The summed E-state index contributed by atoms with van der Waals surface area (Å²) in [6, 6.07) is 5.78. The van der Waals surface area contributed by atoms with E-state index in [1.54, 1.807) is 0 Å². The van der Waals surface area contributed by atoms with E-state index in [-0.39, 0.29) is 17.4 Å². The van der Waals surface area contributed by atoms with E-state index in [9.17, 15) is 9.18 Å².